The zero-order valence-corrected chi connectivity index (χ0v) is 13.6. The summed E-state index contributed by atoms with van der Waals surface area (Å²) in [6.45, 7) is 0.602. The molecular weight excluding hydrogens is 317 g/mol. The van der Waals surface area contributed by atoms with Gasteiger partial charge in [0.15, 0.2) is 0 Å². The summed E-state index contributed by atoms with van der Waals surface area (Å²) in [6.07, 6.45) is 0. The summed E-state index contributed by atoms with van der Waals surface area (Å²) in [5.41, 5.74) is 1.90. The van der Waals surface area contributed by atoms with E-state index in [1.165, 1.54) is 5.39 Å². The van der Waals surface area contributed by atoms with Crippen molar-refractivity contribution in [2.75, 3.05) is 12.4 Å². The highest BCUT2D eigenvalue weighted by Crippen LogP contribution is 2.31. The Morgan fingerprint density at radius 1 is 1.00 bits per heavy atom. The number of nitrogens with one attached hydrogen (secondary N) is 1. The third-order valence-corrected chi connectivity index (χ3v) is 4.17. The van der Waals surface area contributed by atoms with E-state index in [1.807, 2.05) is 24.3 Å². The minimum absolute atomic E-state index is 0.602. The third-order valence-electron chi connectivity index (χ3n) is 3.60. The normalized spacial score (nSPS) is 10.7. The van der Waals surface area contributed by atoms with Gasteiger partial charge in [0, 0.05) is 17.1 Å². The number of ether oxygens (including phenoxy) is 1. The summed E-state index contributed by atoms with van der Waals surface area (Å²) in [6, 6.07) is 17.7. The molecule has 4 heteroatoms. The number of halogens is 2. The molecule has 0 fully saturated rings. The monoisotopic (exact) mass is 331 g/mol. The number of hydrogen-bond donors (Lipinski definition) is 1. The highest BCUT2D eigenvalue weighted by molar-refractivity contribution is 6.35. The quantitative estimate of drug-likeness (QED) is 0.655. The molecule has 3 aromatic carbocycles. The average Bonchev–Trinajstić information content (AvgIpc) is 2.55. The molecule has 22 heavy (non-hydrogen) atoms. The maximum Gasteiger partial charge on any atom is 0.124 e. The van der Waals surface area contributed by atoms with Crippen molar-refractivity contribution in [2.24, 2.45) is 0 Å². The minimum Gasteiger partial charge on any atom is -0.496 e. The molecule has 0 aliphatic rings. The lowest BCUT2D eigenvalue weighted by Gasteiger charge is -2.14. The molecule has 0 amide bonds. The fourth-order valence-corrected chi connectivity index (χ4v) is 2.86. The molecule has 0 radical (unpaired) electrons. The van der Waals surface area contributed by atoms with Crippen LogP contribution in [0.2, 0.25) is 10.0 Å². The van der Waals surface area contributed by atoms with Crippen molar-refractivity contribution in [3.05, 3.63) is 70.2 Å². The fourth-order valence-electron chi connectivity index (χ4n) is 2.51. The third kappa shape index (κ3) is 2.99. The second-order valence-electron chi connectivity index (χ2n) is 4.95. The molecule has 0 aliphatic heterocycles. The van der Waals surface area contributed by atoms with E-state index < -0.39 is 0 Å². The second kappa shape index (κ2) is 6.47. The Bertz CT molecular complexity index is 817. The molecule has 2 nitrogen and oxygen atoms in total. The Kier molecular flexibility index (Phi) is 4.41. The lowest BCUT2D eigenvalue weighted by atomic mass is 10.0. The Labute approximate surface area is 139 Å². The van der Waals surface area contributed by atoms with Crippen LogP contribution in [-0.4, -0.2) is 7.11 Å². The van der Waals surface area contributed by atoms with Gasteiger partial charge in [-0.2, -0.15) is 0 Å². The Morgan fingerprint density at radius 2 is 1.82 bits per heavy atom. The van der Waals surface area contributed by atoms with Crippen LogP contribution in [0.3, 0.4) is 0 Å². The molecule has 0 atom stereocenters. The SMILES string of the molecule is COc1ccc2ccccc2c1CNc1cc(Cl)ccc1Cl. The molecule has 0 spiro atoms. The average molecular weight is 332 g/mol. The van der Waals surface area contributed by atoms with Gasteiger partial charge in [-0.05, 0) is 35.0 Å². The van der Waals surface area contributed by atoms with Gasteiger partial charge in [0.25, 0.3) is 0 Å². The van der Waals surface area contributed by atoms with E-state index in [1.54, 1.807) is 19.2 Å². The number of methoxy groups -OCH3 is 1. The largest absolute Gasteiger partial charge is 0.496 e. The summed E-state index contributed by atoms with van der Waals surface area (Å²) < 4.78 is 5.50. The molecule has 3 aromatic rings. The van der Waals surface area contributed by atoms with Gasteiger partial charge in [-0.15, -0.1) is 0 Å². The first kappa shape index (κ1) is 15.0. The second-order valence-corrected chi connectivity index (χ2v) is 5.79. The minimum atomic E-state index is 0.602. The van der Waals surface area contributed by atoms with Gasteiger partial charge in [-0.25, -0.2) is 0 Å². The van der Waals surface area contributed by atoms with Crippen molar-refractivity contribution >= 4 is 39.7 Å². The van der Waals surface area contributed by atoms with Gasteiger partial charge < -0.3 is 10.1 Å². The lowest BCUT2D eigenvalue weighted by molar-refractivity contribution is 0.411. The van der Waals surface area contributed by atoms with Crippen molar-refractivity contribution in [1.82, 2.24) is 0 Å². The first-order chi connectivity index (χ1) is 10.7. The molecule has 3 rings (SSSR count). The van der Waals surface area contributed by atoms with Gasteiger partial charge in [0.1, 0.15) is 5.75 Å². The Balaban J connectivity index is 1.97. The Hall–Kier alpha value is -1.90. The van der Waals surface area contributed by atoms with Crippen molar-refractivity contribution in [2.45, 2.75) is 6.54 Å². The van der Waals surface area contributed by atoms with Crippen LogP contribution >= 0.6 is 23.2 Å². The number of benzene rings is 3. The summed E-state index contributed by atoms with van der Waals surface area (Å²) in [4.78, 5) is 0. The van der Waals surface area contributed by atoms with Gasteiger partial charge in [0.05, 0.1) is 17.8 Å². The van der Waals surface area contributed by atoms with Gasteiger partial charge in [-0.1, -0.05) is 53.5 Å². The van der Waals surface area contributed by atoms with Crippen LogP contribution in [0.5, 0.6) is 5.75 Å². The van der Waals surface area contributed by atoms with E-state index in [0.717, 1.165) is 22.4 Å². The molecule has 0 saturated carbocycles. The molecule has 0 saturated heterocycles. The number of fused-ring (bicyclic) bond motifs is 1. The molecule has 0 bridgehead atoms. The van der Waals surface area contributed by atoms with Gasteiger partial charge >= 0.3 is 0 Å². The maximum atomic E-state index is 6.20. The summed E-state index contributed by atoms with van der Waals surface area (Å²) in [5.74, 6) is 0.851. The smallest absolute Gasteiger partial charge is 0.124 e. The molecule has 0 heterocycles. The van der Waals surface area contributed by atoms with Crippen molar-refractivity contribution < 1.29 is 4.74 Å². The highest BCUT2D eigenvalue weighted by Gasteiger charge is 2.09. The molecule has 0 aromatic heterocycles. The zero-order valence-electron chi connectivity index (χ0n) is 12.1. The molecule has 1 N–H and O–H groups in total. The zero-order chi connectivity index (χ0) is 15.5. The van der Waals surface area contributed by atoms with Crippen LogP contribution in [0.4, 0.5) is 5.69 Å². The van der Waals surface area contributed by atoms with Crippen molar-refractivity contribution in [3.63, 3.8) is 0 Å². The van der Waals surface area contributed by atoms with Crippen LogP contribution in [0.1, 0.15) is 5.56 Å². The van der Waals surface area contributed by atoms with E-state index in [4.69, 9.17) is 27.9 Å². The fraction of sp³-hybridized carbons (Fsp3) is 0.111. The predicted molar refractivity (Wildman–Crippen MR) is 94.3 cm³/mol. The van der Waals surface area contributed by atoms with E-state index in [9.17, 15) is 0 Å². The summed E-state index contributed by atoms with van der Waals surface area (Å²) in [7, 11) is 1.68. The molecule has 0 unspecified atom stereocenters. The van der Waals surface area contributed by atoms with Crippen molar-refractivity contribution in [3.8, 4) is 5.75 Å². The predicted octanol–water partition coefficient (Wildman–Crippen LogP) is 5.77. The van der Waals surface area contributed by atoms with Crippen LogP contribution in [-0.2, 0) is 6.54 Å². The van der Waals surface area contributed by atoms with E-state index in [0.29, 0.717) is 16.6 Å². The Morgan fingerprint density at radius 3 is 2.64 bits per heavy atom. The van der Waals surface area contributed by atoms with E-state index in [-0.39, 0.29) is 0 Å². The van der Waals surface area contributed by atoms with Crippen LogP contribution in [0.15, 0.2) is 54.6 Å². The first-order valence-electron chi connectivity index (χ1n) is 6.92. The first-order valence-corrected chi connectivity index (χ1v) is 7.68. The van der Waals surface area contributed by atoms with Crippen LogP contribution in [0, 0.1) is 0 Å². The lowest BCUT2D eigenvalue weighted by Crippen LogP contribution is -2.03. The van der Waals surface area contributed by atoms with Crippen molar-refractivity contribution in [1.29, 1.82) is 0 Å². The highest BCUT2D eigenvalue weighted by atomic mass is 35.5. The maximum absolute atomic E-state index is 6.20. The summed E-state index contributed by atoms with van der Waals surface area (Å²) >= 11 is 12.2. The van der Waals surface area contributed by atoms with Gasteiger partial charge in [-0.3, -0.25) is 0 Å². The number of anilines is 1. The van der Waals surface area contributed by atoms with Gasteiger partial charge in [0.2, 0.25) is 0 Å². The van der Waals surface area contributed by atoms with Crippen LogP contribution in [0.25, 0.3) is 10.8 Å². The molecule has 112 valence electrons. The number of hydrogen-bond acceptors (Lipinski definition) is 2. The molecule has 0 aliphatic carbocycles. The van der Waals surface area contributed by atoms with E-state index >= 15 is 0 Å². The standard InChI is InChI=1S/C18H15Cl2NO/c1-22-18-9-6-12-4-2-3-5-14(12)15(18)11-21-17-10-13(19)7-8-16(17)20/h2-10,21H,11H2,1H3. The van der Waals surface area contributed by atoms with Crippen LogP contribution < -0.4 is 10.1 Å². The summed E-state index contributed by atoms with van der Waals surface area (Å²) in [5, 5.41) is 6.97. The number of rotatable bonds is 4. The molecular formula is C18H15Cl2NO. The topological polar surface area (TPSA) is 21.3 Å². The van der Waals surface area contributed by atoms with E-state index in [2.05, 4.69) is 23.5 Å².